The summed E-state index contributed by atoms with van der Waals surface area (Å²) < 4.78 is 29.8. The molecule has 0 fully saturated rings. The van der Waals surface area contributed by atoms with Crippen LogP contribution < -0.4 is 5.32 Å². The normalized spacial score (nSPS) is 11.8. The number of halogens is 5. The second-order valence-electron chi connectivity index (χ2n) is 6.65. The number of carbonyl (C=O) groups excluding carboxylic acids is 1. The number of hydrogen-bond donors (Lipinski definition) is 1. The van der Waals surface area contributed by atoms with Crippen LogP contribution in [-0.2, 0) is 11.9 Å². The zero-order valence-electron chi connectivity index (χ0n) is 15.8. The maximum Gasteiger partial charge on any atom is 0.364 e. The van der Waals surface area contributed by atoms with E-state index in [4.69, 9.17) is 34.8 Å². The molecule has 0 spiro atoms. The molecule has 12 heteroatoms. The van der Waals surface area contributed by atoms with Gasteiger partial charge in [0.1, 0.15) is 10.7 Å². The lowest BCUT2D eigenvalue weighted by molar-refractivity contribution is 0.0868. The van der Waals surface area contributed by atoms with Crippen molar-refractivity contribution in [2.45, 2.75) is 18.9 Å². The van der Waals surface area contributed by atoms with Gasteiger partial charge in [0.25, 0.3) is 5.91 Å². The summed E-state index contributed by atoms with van der Waals surface area (Å²) in [6, 6.07) is 9.61. The highest BCUT2D eigenvalue weighted by atomic mass is 35.5. The molecule has 0 saturated heterocycles. The van der Waals surface area contributed by atoms with Crippen molar-refractivity contribution in [2.75, 3.05) is 5.32 Å². The van der Waals surface area contributed by atoms with Crippen LogP contribution in [-0.4, -0.2) is 30.3 Å². The minimum Gasteiger partial charge on any atom is -0.302 e. The van der Waals surface area contributed by atoms with Crippen LogP contribution in [0.25, 0.3) is 5.65 Å². The lowest BCUT2D eigenvalue weighted by Crippen LogP contribution is -2.16. The van der Waals surface area contributed by atoms with Crippen LogP contribution in [0.3, 0.4) is 0 Å². The first-order chi connectivity index (χ1) is 14.6. The Balaban J connectivity index is 1.60. The Kier molecular flexibility index (Phi) is 5.59. The zero-order valence-corrected chi connectivity index (χ0v) is 18.1. The monoisotopic (exact) mass is 484 g/mol. The number of carbonyl (C=O) groups is 1. The van der Waals surface area contributed by atoms with E-state index in [9.17, 15) is 13.6 Å². The maximum atomic E-state index is 13.7. The number of benzene rings is 1. The molecule has 4 rings (SSSR count). The Bertz CT molecular complexity index is 1300. The Morgan fingerprint density at radius 2 is 1.90 bits per heavy atom. The predicted octanol–water partition coefficient (Wildman–Crippen LogP) is 5.13. The first kappa shape index (κ1) is 21.5. The smallest absolute Gasteiger partial charge is 0.302 e. The first-order valence-electron chi connectivity index (χ1n) is 8.84. The van der Waals surface area contributed by atoms with Gasteiger partial charge in [-0.2, -0.15) is 19.0 Å². The molecule has 0 aliphatic rings. The van der Waals surface area contributed by atoms with Gasteiger partial charge in [0.05, 0.1) is 6.54 Å². The van der Waals surface area contributed by atoms with Gasteiger partial charge in [-0.25, -0.2) is 9.50 Å². The molecule has 7 nitrogen and oxygen atoms in total. The van der Waals surface area contributed by atoms with Crippen molar-refractivity contribution in [1.82, 2.24) is 24.4 Å². The highest BCUT2D eigenvalue weighted by Gasteiger charge is 2.32. The molecule has 3 heterocycles. The molecule has 0 radical (unpaired) electrons. The fourth-order valence-electron chi connectivity index (χ4n) is 2.95. The number of rotatable bonds is 5. The average molecular weight is 486 g/mol. The molecule has 31 heavy (non-hydrogen) atoms. The SMILES string of the molecule is Cc1cc(C(F)(F)Cl)n2nc(C(=O)Nc3nn(Cc4ccccc4Cl)cc3Cl)cc2n1. The topological polar surface area (TPSA) is 77.1 Å². The quantitative estimate of drug-likeness (QED) is 0.398. The van der Waals surface area contributed by atoms with Crippen LogP contribution in [0.2, 0.25) is 10.0 Å². The van der Waals surface area contributed by atoms with Crippen molar-refractivity contribution >= 4 is 52.2 Å². The molecule has 0 saturated carbocycles. The molecule has 1 amide bonds. The second-order valence-corrected chi connectivity index (χ2v) is 7.94. The molecule has 3 aromatic heterocycles. The van der Waals surface area contributed by atoms with Gasteiger partial charge in [0, 0.05) is 23.0 Å². The van der Waals surface area contributed by atoms with Crippen molar-refractivity contribution in [3.8, 4) is 0 Å². The number of fused-ring (bicyclic) bond motifs is 1. The minimum absolute atomic E-state index is 0.0517. The van der Waals surface area contributed by atoms with Crippen LogP contribution in [0.5, 0.6) is 0 Å². The summed E-state index contributed by atoms with van der Waals surface area (Å²) in [4.78, 5) is 16.7. The summed E-state index contributed by atoms with van der Waals surface area (Å²) >= 11 is 17.5. The number of nitrogens with zero attached hydrogens (tertiary/aromatic N) is 5. The van der Waals surface area contributed by atoms with Gasteiger partial charge < -0.3 is 5.32 Å². The summed E-state index contributed by atoms with van der Waals surface area (Å²) in [7, 11) is 0. The van der Waals surface area contributed by atoms with Gasteiger partial charge in [-0.15, -0.1) is 0 Å². The third kappa shape index (κ3) is 4.48. The summed E-state index contributed by atoms with van der Waals surface area (Å²) in [5.41, 5.74) is 0.416. The third-order valence-electron chi connectivity index (χ3n) is 4.32. The fourth-order valence-corrected chi connectivity index (χ4v) is 3.48. The molecule has 0 aliphatic heterocycles. The summed E-state index contributed by atoms with van der Waals surface area (Å²) in [5, 5.41) is 7.74. The van der Waals surface area contributed by atoms with E-state index < -0.39 is 17.0 Å². The molecule has 160 valence electrons. The predicted molar refractivity (Wildman–Crippen MR) is 113 cm³/mol. The van der Waals surface area contributed by atoms with E-state index in [2.05, 4.69) is 20.5 Å². The fraction of sp³-hybridized carbons (Fsp3) is 0.158. The van der Waals surface area contributed by atoms with E-state index >= 15 is 0 Å². The molecular weight excluding hydrogens is 473 g/mol. The van der Waals surface area contributed by atoms with Gasteiger partial charge in [0.2, 0.25) is 0 Å². The second kappa shape index (κ2) is 8.07. The largest absolute Gasteiger partial charge is 0.364 e. The average Bonchev–Trinajstić information content (AvgIpc) is 3.25. The minimum atomic E-state index is -3.69. The summed E-state index contributed by atoms with van der Waals surface area (Å²) in [6.45, 7) is 1.87. The number of nitrogens with one attached hydrogen (secondary N) is 1. The Morgan fingerprint density at radius 1 is 1.16 bits per heavy atom. The molecule has 0 bridgehead atoms. The molecule has 0 unspecified atom stereocenters. The number of aromatic nitrogens is 5. The standard InChI is InChI=1S/C19H13Cl3F2N6O/c1-10-6-15(19(22,23)24)30-16(25-10)7-14(27-30)18(31)26-17-13(21)9-29(28-17)8-11-4-2-3-5-12(11)20/h2-7,9H,8H2,1H3,(H,26,28,31). The van der Waals surface area contributed by atoms with Crippen molar-refractivity contribution < 1.29 is 13.6 Å². The van der Waals surface area contributed by atoms with E-state index in [-0.39, 0.29) is 22.2 Å². The van der Waals surface area contributed by atoms with E-state index in [1.54, 1.807) is 6.07 Å². The van der Waals surface area contributed by atoms with Crippen LogP contribution in [0, 0.1) is 6.92 Å². The van der Waals surface area contributed by atoms with Gasteiger partial charge in [-0.05, 0) is 36.2 Å². The molecule has 0 aliphatic carbocycles. The number of alkyl halides is 3. The number of anilines is 1. The maximum absolute atomic E-state index is 13.7. The van der Waals surface area contributed by atoms with E-state index in [0.717, 1.165) is 16.1 Å². The van der Waals surface area contributed by atoms with Crippen LogP contribution in [0.4, 0.5) is 14.6 Å². The highest BCUT2D eigenvalue weighted by molar-refractivity contribution is 6.33. The molecule has 0 atom stereocenters. The van der Waals surface area contributed by atoms with Crippen molar-refractivity contribution in [1.29, 1.82) is 0 Å². The highest BCUT2D eigenvalue weighted by Crippen LogP contribution is 2.32. The van der Waals surface area contributed by atoms with Crippen molar-refractivity contribution in [3.63, 3.8) is 0 Å². The molecule has 1 aromatic carbocycles. The number of hydrogen-bond acceptors (Lipinski definition) is 4. The number of aryl methyl sites for hydroxylation is 1. The van der Waals surface area contributed by atoms with Gasteiger partial charge >= 0.3 is 5.38 Å². The summed E-state index contributed by atoms with van der Waals surface area (Å²) in [5.74, 6) is -0.611. The van der Waals surface area contributed by atoms with Crippen molar-refractivity contribution in [3.05, 3.63) is 75.3 Å². The third-order valence-corrected chi connectivity index (χ3v) is 5.16. The Labute approximate surface area is 189 Å². The van der Waals surface area contributed by atoms with Crippen LogP contribution in [0.15, 0.2) is 42.6 Å². The number of amides is 1. The van der Waals surface area contributed by atoms with Gasteiger partial charge in [-0.3, -0.25) is 9.48 Å². The lowest BCUT2D eigenvalue weighted by atomic mass is 10.2. The first-order valence-corrected chi connectivity index (χ1v) is 9.97. The van der Waals surface area contributed by atoms with Crippen LogP contribution >= 0.6 is 34.8 Å². The van der Waals surface area contributed by atoms with Crippen molar-refractivity contribution in [2.24, 2.45) is 0 Å². The molecular formula is C19H13Cl3F2N6O. The molecule has 1 N–H and O–H groups in total. The zero-order chi connectivity index (χ0) is 22.3. The van der Waals surface area contributed by atoms with Gasteiger partial charge in [-0.1, -0.05) is 41.4 Å². The van der Waals surface area contributed by atoms with Gasteiger partial charge in [0.15, 0.2) is 17.2 Å². The van der Waals surface area contributed by atoms with Crippen LogP contribution in [0.1, 0.15) is 27.4 Å². The summed E-state index contributed by atoms with van der Waals surface area (Å²) in [6.07, 6.45) is 1.53. The van der Waals surface area contributed by atoms with E-state index in [1.165, 1.54) is 23.9 Å². The van der Waals surface area contributed by atoms with E-state index in [0.29, 0.717) is 17.3 Å². The van der Waals surface area contributed by atoms with E-state index in [1.807, 2.05) is 18.2 Å². The Morgan fingerprint density at radius 3 is 2.61 bits per heavy atom. The lowest BCUT2D eigenvalue weighted by Gasteiger charge is -2.10. The Hall–Kier alpha value is -2.75. The molecule has 4 aromatic rings.